The molecule has 1 fully saturated rings. The first-order chi connectivity index (χ1) is 8.88. The molecular formula is C13H23N3O2. The SMILES string of the molecule is COCCNCC1CCCN(Cc2ccno2)C1. The number of nitrogens with zero attached hydrogens (tertiary/aromatic N) is 2. The molecule has 5 heteroatoms. The van der Waals surface area contributed by atoms with Gasteiger partial charge in [-0.1, -0.05) is 5.16 Å². The predicted octanol–water partition coefficient (Wildman–Crippen LogP) is 1.12. The number of aromatic nitrogens is 1. The topological polar surface area (TPSA) is 50.5 Å². The average molecular weight is 253 g/mol. The highest BCUT2D eigenvalue weighted by atomic mass is 16.5. The van der Waals surface area contributed by atoms with Gasteiger partial charge in [0, 0.05) is 26.3 Å². The van der Waals surface area contributed by atoms with Gasteiger partial charge in [-0.15, -0.1) is 0 Å². The summed E-state index contributed by atoms with van der Waals surface area (Å²) in [5.74, 6) is 1.70. The Balaban J connectivity index is 1.67. The third-order valence-corrected chi connectivity index (χ3v) is 3.39. The van der Waals surface area contributed by atoms with Crippen molar-refractivity contribution in [1.82, 2.24) is 15.4 Å². The summed E-state index contributed by atoms with van der Waals surface area (Å²) < 4.78 is 10.2. The highest BCUT2D eigenvalue weighted by Gasteiger charge is 2.20. The Morgan fingerprint density at radius 3 is 3.33 bits per heavy atom. The van der Waals surface area contributed by atoms with Crippen molar-refractivity contribution in [2.24, 2.45) is 5.92 Å². The van der Waals surface area contributed by atoms with Gasteiger partial charge in [-0.25, -0.2) is 0 Å². The summed E-state index contributed by atoms with van der Waals surface area (Å²) in [6, 6.07) is 1.94. The maximum absolute atomic E-state index is 5.16. The zero-order chi connectivity index (χ0) is 12.6. The summed E-state index contributed by atoms with van der Waals surface area (Å²) in [6.07, 6.45) is 4.29. The Labute approximate surface area is 108 Å². The molecule has 1 aliphatic heterocycles. The molecule has 0 radical (unpaired) electrons. The van der Waals surface area contributed by atoms with Gasteiger partial charge in [0.1, 0.15) is 0 Å². The van der Waals surface area contributed by atoms with Crippen molar-refractivity contribution in [2.45, 2.75) is 19.4 Å². The fourth-order valence-corrected chi connectivity index (χ4v) is 2.49. The standard InChI is InChI=1S/C13H23N3O2/c1-17-8-6-14-9-12-3-2-7-16(10-12)11-13-4-5-15-18-13/h4-5,12,14H,2-3,6-11H2,1H3. The van der Waals surface area contributed by atoms with Crippen LogP contribution in [0.25, 0.3) is 0 Å². The van der Waals surface area contributed by atoms with Crippen LogP contribution in [0, 0.1) is 5.92 Å². The molecule has 1 saturated heterocycles. The molecule has 1 aliphatic rings. The lowest BCUT2D eigenvalue weighted by Gasteiger charge is -2.32. The Morgan fingerprint density at radius 2 is 2.56 bits per heavy atom. The summed E-state index contributed by atoms with van der Waals surface area (Å²) >= 11 is 0. The van der Waals surface area contributed by atoms with Gasteiger partial charge in [-0.3, -0.25) is 4.90 Å². The van der Waals surface area contributed by atoms with Crippen molar-refractivity contribution in [3.63, 3.8) is 0 Å². The Morgan fingerprint density at radius 1 is 1.61 bits per heavy atom. The first-order valence-electron chi connectivity index (χ1n) is 6.70. The van der Waals surface area contributed by atoms with E-state index in [0.717, 1.165) is 51.0 Å². The third kappa shape index (κ3) is 4.40. The number of piperidine rings is 1. The zero-order valence-electron chi connectivity index (χ0n) is 11.1. The molecule has 1 atom stereocenters. The molecule has 0 spiro atoms. The van der Waals surface area contributed by atoms with Gasteiger partial charge < -0.3 is 14.6 Å². The van der Waals surface area contributed by atoms with E-state index in [9.17, 15) is 0 Å². The first-order valence-corrected chi connectivity index (χ1v) is 6.70. The van der Waals surface area contributed by atoms with Crippen LogP contribution in [0.2, 0.25) is 0 Å². The van der Waals surface area contributed by atoms with Crippen molar-refractivity contribution in [2.75, 3.05) is 39.9 Å². The minimum absolute atomic E-state index is 0.735. The molecule has 1 N–H and O–H groups in total. The van der Waals surface area contributed by atoms with Crippen LogP contribution in [-0.4, -0.2) is 50.0 Å². The van der Waals surface area contributed by atoms with E-state index in [2.05, 4.69) is 15.4 Å². The second-order valence-corrected chi connectivity index (χ2v) is 4.92. The Kier molecular flexibility index (Phi) is 5.64. The number of methoxy groups -OCH3 is 1. The van der Waals surface area contributed by atoms with Gasteiger partial charge >= 0.3 is 0 Å². The van der Waals surface area contributed by atoms with E-state index in [1.807, 2.05) is 6.07 Å². The molecule has 5 nitrogen and oxygen atoms in total. The van der Waals surface area contributed by atoms with E-state index in [0.29, 0.717) is 0 Å². The average Bonchev–Trinajstić information content (AvgIpc) is 2.88. The lowest BCUT2D eigenvalue weighted by atomic mass is 9.98. The minimum Gasteiger partial charge on any atom is -0.383 e. The van der Waals surface area contributed by atoms with Crippen molar-refractivity contribution in [3.05, 3.63) is 18.0 Å². The number of ether oxygens (including phenoxy) is 1. The van der Waals surface area contributed by atoms with Crippen LogP contribution in [0.4, 0.5) is 0 Å². The summed E-state index contributed by atoms with van der Waals surface area (Å²) in [5.41, 5.74) is 0. The molecule has 0 aromatic carbocycles. The quantitative estimate of drug-likeness (QED) is 0.738. The molecule has 0 saturated carbocycles. The molecule has 18 heavy (non-hydrogen) atoms. The van der Waals surface area contributed by atoms with E-state index >= 15 is 0 Å². The van der Waals surface area contributed by atoms with Crippen LogP contribution in [0.15, 0.2) is 16.8 Å². The highest BCUT2D eigenvalue weighted by molar-refractivity contribution is 4.93. The van der Waals surface area contributed by atoms with Gasteiger partial charge in [-0.2, -0.15) is 0 Å². The van der Waals surface area contributed by atoms with Crippen LogP contribution in [0.3, 0.4) is 0 Å². The number of hydrogen-bond acceptors (Lipinski definition) is 5. The second-order valence-electron chi connectivity index (χ2n) is 4.92. The molecule has 1 unspecified atom stereocenters. The molecule has 2 heterocycles. The van der Waals surface area contributed by atoms with Gasteiger partial charge in [-0.05, 0) is 31.8 Å². The molecule has 1 aromatic heterocycles. The normalized spacial score (nSPS) is 21.3. The minimum atomic E-state index is 0.735. The molecular weight excluding hydrogens is 230 g/mol. The van der Waals surface area contributed by atoms with Crippen LogP contribution in [0.1, 0.15) is 18.6 Å². The number of hydrogen-bond donors (Lipinski definition) is 1. The fraction of sp³-hybridized carbons (Fsp3) is 0.769. The van der Waals surface area contributed by atoms with Crippen LogP contribution in [0.5, 0.6) is 0 Å². The summed E-state index contributed by atoms with van der Waals surface area (Å²) in [6.45, 7) is 5.99. The number of rotatable bonds is 7. The van der Waals surface area contributed by atoms with Crippen LogP contribution < -0.4 is 5.32 Å². The summed E-state index contributed by atoms with van der Waals surface area (Å²) in [7, 11) is 1.74. The van der Waals surface area contributed by atoms with Crippen molar-refractivity contribution >= 4 is 0 Å². The molecule has 0 amide bonds. The number of nitrogens with one attached hydrogen (secondary N) is 1. The Hall–Kier alpha value is -0.910. The summed E-state index contributed by atoms with van der Waals surface area (Å²) in [4.78, 5) is 2.45. The second kappa shape index (κ2) is 7.51. The van der Waals surface area contributed by atoms with Crippen LogP contribution in [-0.2, 0) is 11.3 Å². The summed E-state index contributed by atoms with van der Waals surface area (Å²) in [5, 5.41) is 7.20. The van der Waals surface area contributed by atoms with Crippen molar-refractivity contribution in [3.8, 4) is 0 Å². The van der Waals surface area contributed by atoms with E-state index in [4.69, 9.17) is 9.26 Å². The van der Waals surface area contributed by atoms with E-state index < -0.39 is 0 Å². The smallest absolute Gasteiger partial charge is 0.150 e. The molecule has 1 aromatic rings. The lowest BCUT2D eigenvalue weighted by molar-refractivity contribution is 0.147. The van der Waals surface area contributed by atoms with Gasteiger partial charge in [0.2, 0.25) is 0 Å². The van der Waals surface area contributed by atoms with Gasteiger partial charge in [0.15, 0.2) is 5.76 Å². The largest absolute Gasteiger partial charge is 0.383 e. The molecule has 0 aliphatic carbocycles. The molecule has 102 valence electrons. The molecule has 2 rings (SSSR count). The Bertz CT molecular complexity index is 316. The first kappa shape index (κ1) is 13.5. The molecule has 0 bridgehead atoms. The number of likely N-dealkylation sites (tertiary alicyclic amines) is 1. The van der Waals surface area contributed by atoms with Gasteiger partial charge in [0.25, 0.3) is 0 Å². The maximum atomic E-state index is 5.16. The van der Waals surface area contributed by atoms with Crippen LogP contribution >= 0.6 is 0 Å². The van der Waals surface area contributed by atoms with Crippen molar-refractivity contribution in [1.29, 1.82) is 0 Å². The maximum Gasteiger partial charge on any atom is 0.150 e. The van der Waals surface area contributed by atoms with E-state index in [1.54, 1.807) is 13.3 Å². The predicted molar refractivity (Wildman–Crippen MR) is 69.2 cm³/mol. The van der Waals surface area contributed by atoms with E-state index in [-0.39, 0.29) is 0 Å². The highest BCUT2D eigenvalue weighted by Crippen LogP contribution is 2.17. The van der Waals surface area contributed by atoms with Gasteiger partial charge in [0.05, 0.1) is 19.3 Å². The third-order valence-electron chi connectivity index (χ3n) is 3.39. The fourth-order valence-electron chi connectivity index (χ4n) is 2.49. The monoisotopic (exact) mass is 253 g/mol. The van der Waals surface area contributed by atoms with E-state index in [1.165, 1.54) is 12.8 Å². The lowest BCUT2D eigenvalue weighted by Crippen LogP contribution is -2.39. The zero-order valence-corrected chi connectivity index (χ0v) is 11.1. The van der Waals surface area contributed by atoms with Crippen molar-refractivity contribution < 1.29 is 9.26 Å².